The largest absolute Gasteiger partial charge is 0.288 e. The van der Waals surface area contributed by atoms with Gasteiger partial charge in [0.15, 0.2) is 0 Å². The van der Waals surface area contributed by atoms with Crippen LogP contribution in [0.1, 0.15) is 0 Å². The van der Waals surface area contributed by atoms with E-state index in [4.69, 9.17) is 0 Å². The summed E-state index contributed by atoms with van der Waals surface area (Å²) in [5.74, 6) is -3.55. The fourth-order valence-electron chi connectivity index (χ4n) is 2.52. The molecular formula is C19H15F3N2O4S3. The monoisotopic (exact) mass is 488 g/mol. The maximum Gasteiger partial charge on any atom is 0.288 e. The number of hydrogen-bond acceptors (Lipinski definition) is 5. The predicted molar refractivity (Wildman–Crippen MR) is 113 cm³/mol. The quantitative estimate of drug-likeness (QED) is 0.447. The van der Waals surface area contributed by atoms with E-state index in [1.54, 1.807) is 0 Å². The number of thioether (sulfide) groups is 1. The molecule has 0 saturated heterocycles. The molecule has 0 amide bonds. The van der Waals surface area contributed by atoms with Crippen molar-refractivity contribution in [3.8, 4) is 0 Å². The summed E-state index contributed by atoms with van der Waals surface area (Å²) in [5, 5.41) is 0. The Kier molecular flexibility index (Phi) is 6.82. The zero-order valence-corrected chi connectivity index (χ0v) is 17.9. The minimum absolute atomic E-state index is 0.0881. The zero-order valence-electron chi connectivity index (χ0n) is 15.5. The maximum atomic E-state index is 13.8. The molecule has 2 N–H and O–H groups in total. The van der Waals surface area contributed by atoms with Gasteiger partial charge >= 0.3 is 0 Å². The Morgan fingerprint density at radius 3 is 2.03 bits per heavy atom. The fraction of sp³-hybridized carbons (Fsp3) is 0.0526. The van der Waals surface area contributed by atoms with Gasteiger partial charge in [-0.15, -0.1) is 0 Å². The van der Waals surface area contributed by atoms with E-state index in [-0.39, 0.29) is 21.2 Å². The third-order valence-corrected chi connectivity index (χ3v) is 7.37. The number of hydrogen-bond donors (Lipinski definition) is 2. The van der Waals surface area contributed by atoms with Crippen LogP contribution < -0.4 is 9.44 Å². The van der Waals surface area contributed by atoms with Crippen LogP contribution in [0.4, 0.5) is 24.5 Å². The van der Waals surface area contributed by atoms with Crippen molar-refractivity contribution in [3.05, 3.63) is 78.6 Å². The fourth-order valence-corrected chi connectivity index (χ4v) is 5.25. The summed E-state index contributed by atoms with van der Waals surface area (Å²) in [4.78, 5) is -0.571. The molecule has 0 fully saturated rings. The molecule has 0 heterocycles. The highest BCUT2D eigenvalue weighted by Crippen LogP contribution is 2.27. The lowest BCUT2D eigenvalue weighted by atomic mass is 10.3. The van der Waals surface area contributed by atoms with Gasteiger partial charge in [0.1, 0.15) is 10.7 Å². The summed E-state index contributed by atoms with van der Waals surface area (Å²) in [5.41, 5.74) is 0.0470. The smallest absolute Gasteiger partial charge is 0.280 e. The standard InChI is InChI=1S/C19H15F3N2O4S3/c20-17-6-1-2-7-18(17)31(27,28)24-14-4-3-5-16(12-14)30(25,26)23-13-8-10-15(11-9-13)29-19(21)22/h1-12,19,23-24H. The van der Waals surface area contributed by atoms with Gasteiger partial charge in [-0.2, -0.15) is 8.78 Å². The molecule has 164 valence electrons. The Labute approximate surface area is 181 Å². The average molecular weight is 489 g/mol. The molecule has 0 spiro atoms. The second-order valence-electron chi connectivity index (χ2n) is 6.07. The van der Waals surface area contributed by atoms with E-state index in [0.29, 0.717) is 11.8 Å². The summed E-state index contributed by atoms with van der Waals surface area (Å²) >= 11 is 0.325. The van der Waals surface area contributed by atoms with Crippen LogP contribution in [0.5, 0.6) is 0 Å². The lowest BCUT2D eigenvalue weighted by Crippen LogP contribution is -2.16. The molecule has 12 heteroatoms. The van der Waals surface area contributed by atoms with Gasteiger partial charge in [0.2, 0.25) is 0 Å². The molecule has 0 aliphatic heterocycles. The highest BCUT2D eigenvalue weighted by molar-refractivity contribution is 7.99. The zero-order chi connectivity index (χ0) is 22.6. The Morgan fingerprint density at radius 1 is 0.742 bits per heavy atom. The summed E-state index contributed by atoms with van der Waals surface area (Å²) in [6.07, 6.45) is 0. The van der Waals surface area contributed by atoms with Crippen molar-refractivity contribution in [1.29, 1.82) is 0 Å². The van der Waals surface area contributed by atoms with Crippen LogP contribution in [0.15, 0.2) is 87.5 Å². The molecular weight excluding hydrogens is 473 g/mol. The van der Waals surface area contributed by atoms with Crippen LogP contribution in [0.3, 0.4) is 0 Å². The third-order valence-electron chi connectivity index (χ3n) is 3.85. The topological polar surface area (TPSA) is 92.3 Å². The van der Waals surface area contributed by atoms with Crippen LogP contribution in [0, 0.1) is 5.82 Å². The molecule has 31 heavy (non-hydrogen) atoms. The summed E-state index contributed by atoms with van der Waals surface area (Å²) < 4.78 is 93.1. The molecule has 0 aromatic heterocycles. The van der Waals surface area contributed by atoms with Crippen LogP contribution in [-0.4, -0.2) is 22.6 Å². The van der Waals surface area contributed by atoms with Gasteiger partial charge in [-0.3, -0.25) is 9.44 Å². The lowest BCUT2D eigenvalue weighted by molar-refractivity contribution is 0.252. The first-order valence-corrected chi connectivity index (χ1v) is 12.4. The summed E-state index contributed by atoms with van der Waals surface area (Å²) in [7, 11) is -8.40. The SMILES string of the molecule is O=S(=O)(Nc1ccc(SC(F)F)cc1)c1cccc(NS(=O)(=O)c2ccccc2F)c1. The Hall–Kier alpha value is -2.70. The number of anilines is 2. The highest BCUT2D eigenvalue weighted by atomic mass is 32.2. The molecule has 0 atom stereocenters. The summed E-state index contributed by atoms with van der Waals surface area (Å²) in [6.45, 7) is 0. The van der Waals surface area contributed by atoms with E-state index >= 15 is 0 Å². The first-order chi connectivity index (χ1) is 14.6. The van der Waals surface area contributed by atoms with E-state index in [0.717, 1.165) is 18.2 Å². The highest BCUT2D eigenvalue weighted by Gasteiger charge is 2.20. The first-order valence-electron chi connectivity index (χ1n) is 8.52. The number of halogens is 3. The first kappa shape index (κ1) is 23.0. The van der Waals surface area contributed by atoms with Crippen LogP contribution in [0.25, 0.3) is 0 Å². The Balaban J connectivity index is 1.81. The maximum absolute atomic E-state index is 13.8. The van der Waals surface area contributed by atoms with Crippen LogP contribution >= 0.6 is 11.8 Å². The van der Waals surface area contributed by atoms with Crippen molar-refractivity contribution in [2.75, 3.05) is 9.44 Å². The third kappa shape index (κ3) is 5.93. The van der Waals surface area contributed by atoms with Gasteiger partial charge in [0, 0.05) is 10.6 Å². The van der Waals surface area contributed by atoms with Crippen molar-refractivity contribution < 1.29 is 30.0 Å². The molecule has 0 radical (unpaired) electrons. The molecule has 0 aliphatic rings. The molecule has 0 unspecified atom stereocenters. The average Bonchev–Trinajstić information content (AvgIpc) is 2.69. The minimum Gasteiger partial charge on any atom is -0.280 e. The Bertz CT molecular complexity index is 1280. The molecule has 3 rings (SSSR count). The van der Waals surface area contributed by atoms with Gasteiger partial charge in [-0.25, -0.2) is 21.2 Å². The number of rotatable bonds is 8. The minimum atomic E-state index is -4.28. The van der Waals surface area contributed by atoms with Crippen LogP contribution in [-0.2, 0) is 20.0 Å². The van der Waals surface area contributed by atoms with Crippen molar-refractivity contribution >= 4 is 43.2 Å². The van der Waals surface area contributed by atoms with Crippen LogP contribution in [0.2, 0.25) is 0 Å². The number of nitrogens with one attached hydrogen (secondary N) is 2. The van der Waals surface area contributed by atoms with E-state index in [1.807, 2.05) is 0 Å². The van der Waals surface area contributed by atoms with E-state index in [9.17, 15) is 30.0 Å². The van der Waals surface area contributed by atoms with Crippen molar-refractivity contribution in [2.45, 2.75) is 20.4 Å². The summed E-state index contributed by atoms with van der Waals surface area (Å²) in [6, 6.07) is 15.0. The molecule has 3 aromatic carbocycles. The molecule has 3 aromatic rings. The normalized spacial score (nSPS) is 12.0. The van der Waals surface area contributed by atoms with Gasteiger partial charge < -0.3 is 0 Å². The second kappa shape index (κ2) is 9.20. The van der Waals surface area contributed by atoms with Crippen molar-refractivity contribution in [1.82, 2.24) is 0 Å². The predicted octanol–water partition coefficient (Wildman–Crippen LogP) is 4.74. The van der Waals surface area contributed by atoms with E-state index < -0.39 is 36.5 Å². The van der Waals surface area contributed by atoms with Gasteiger partial charge in [-0.1, -0.05) is 30.0 Å². The van der Waals surface area contributed by atoms with Crippen molar-refractivity contribution in [2.24, 2.45) is 0 Å². The van der Waals surface area contributed by atoms with E-state index in [1.165, 1.54) is 54.6 Å². The van der Waals surface area contributed by atoms with Gasteiger partial charge in [0.05, 0.1) is 10.6 Å². The van der Waals surface area contributed by atoms with Gasteiger partial charge in [0.25, 0.3) is 25.8 Å². The second-order valence-corrected chi connectivity index (χ2v) is 10.5. The molecule has 0 aliphatic carbocycles. The molecule has 0 bridgehead atoms. The Morgan fingerprint density at radius 2 is 1.39 bits per heavy atom. The lowest BCUT2D eigenvalue weighted by Gasteiger charge is -2.12. The number of alkyl halides is 2. The van der Waals surface area contributed by atoms with Crippen molar-refractivity contribution in [3.63, 3.8) is 0 Å². The van der Waals surface area contributed by atoms with E-state index in [2.05, 4.69) is 9.44 Å². The number of sulfonamides is 2. The van der Waals surface area contributed by atoms with Gasteiger partial charge in [-0.05, 0) is 54.6 Å². The number of benzene rings is 3. The molecule has 0 saturated carbocycles. The molecule has 6 nitrogen and oxygen atoms in total.